The Labute approximate surface area is 156 Å². The Balaban J connectivity index is 1.91. The number of piperidine rings is 1. The predicted octanol–water partition coefficient (Wildman–Crippen LogP) is 2.58. The fourth-order valence-electron chi connectivity index (χ4n) is 3.13. The van der Waals surface area contributed by atoms with Gasteiger partial charge in [0.1, 0.15) is 17.7 Å². The summed E-state index contributed by atoms with van der Waals surface area (Å²) in [5.74, 6) is -4.00. The van der Waals surface area contributed by atoms with Gasteiger partial charge in [-0.15, -0.1) is 0 Å². The first-order chi connectivity index (χ1) is 12.8. The number of unbranched alkanes of at least 4 members (excludes halogenated alkanes) is 1. The molecule has 1 aromatic rings. The number of hydrogen-bond acceptors (Lipinski definition) is 3. The molecule has 1 saturated heterocycles. The van der Waals surface area contributed by atoms with Gasteiger partial charge in [0, 0.05) is 25.1 Å². The number of hydrogen-bond donors (Lipinski definition) is 2. The number of carboxylic acid groups (broad SMARTS) is 1. The highest BCUT2D eigenvalue weighted by atomic mass is 19.1. The highest BCUT2D eigenvalue weighted by Crippen LogP contribution is 2.21. The Kier molecular flexibility index (Phi) is 7.27. The Morgan fingerprint density at radius 3 is 2.48 bits per heavy atom. The molecule has 0 spiro atoms. The summed E-state index contributed by atoms with van der Waals surface area (Å²) in [5, 5.41) is 11.8. The van der Waals surface area contributed by atoms with Crippen molar-refractivity contribution in [2.45, 2.75) is 45.1 Å². The van der Waals surface area contributed by atoms with Gasteiger partial charge in [-0.3, -0.25) is 9.59 Å². The van der Waals surface area contributed by atoms with Crippen LogP contribution in [0.5, 0.6) is 0 Å². The van der Waals surface area contributed by atoms with E-state index in [1.54, 1.807) is 0 Å². The maximum absolute atomic E-state index is 13.8. The van der Waals surface area contributed by atoms with Crippen LogP contribution < -0.4 is 5.32 Å². The van der Waals surface area contributed by atoms with Crippen molar-refractivity contribution < 1.29 is 28.3 Å². The average Bonchev–Trinajstić information content (AvgIpc) is 2.64. The number of rotatable bonds is 7. The molecule has 1 aromatic carbocycles. The van der Waals surface area contributed by atoms with E-state index in [9.17, 15) is 28.3 Å². The third kappa shape index (κ3) is 5.48. The molecule has 1 unspecified atom stereocenters. The molecule has 27 heavy (non-hydrogen) atoms. The molecule has 1 aliphatic rings. The van der Waals surface area contributed by atoms with Crippen LogP contribution in [-0.2, 0) is 9.59 Å². The fraction of sp³-hybridized carbons (Fsp3) is 0.526. The van der Waals surface area contributed by atoms with Crippen molar-refractivity contribution in [3.05, 3.63) is 35.4 Å². The van der Waals surface area contributed by atoms with Crippen molar-refractivity contribution in [1.29, 1.82) is 0 Å². The van der Waals surface area contributed by atoms with Gasteiger partial charge >= 0.3 is 5.97 Å². The summed E-state index contributed by atoms with van der Waals surface area (Å²) in [7, 11) is 0. The fourth-order valence-corrected chi connectivity index (χ4v) is 3.13. The van der Waals surface area contributed by atoms with Crippen LogP contribution in [-0.4, -0.2) is 46.9 Å². The number of halogens is 2. The molecule has 0 radical (unpaired) electrons. The molecule has 2 amide bonds. The van der Waals surface area contributed by atoms with E-state index in [0.717, 1.165) is 18.6 Å². The van der Waals surface area contributed by atoms with Crippen LogP contribution >= 0.6 is 0 Å². The van der Waals surface area contributed by atoms with E-state index in [1.807, 2.05) is 6.92 Å². The van der Waals surface area contributed by atoms with Crippen molar-refractivity contribution >= 4 is 17.8 Å². The van der Waals surface area contributed by atoms with Gasteiger partial charge in [-0.05, 0) is 31.4 Å². The van der Waals surface area contributed by atoms with Crippen LogP contribution in [0, 0.1) is 17.6 Å². The second-order valence-electron chi connectivity index (χ2n) is 6.73. The molecule has 0 bridgehead atoms. The van der Waals surface area contributed by atoms with Crippen molar-refractivity contribution in [3.8, 4) is 0 Å². The Bertz CT molecular complexity index is 703. The van der Waals surface area contributed by atoms with E-state index >= 15 is 0 Å². The molecule has 2 rings (SSSR count). The summed E-state index contributed by atoms with van der Waals surface area (Å²) >= 11 is 0. The largest absolute Gasteiger partial charge is 0.480 e. The lowest BCUT2D eigenvalue weighted by Gasteiger charge is -2.32. The van der Waals surface area contributed by atoms with Crippen LogP contribution in [0.3, 0.4) is 0 Å². The summed E-state index contributed by atoms with van der Waals surface area (Å²) < 4.78 is 26.8. The molecule has 0 aliphatic carbocycles. The van der Waals surface area contributed by atoms with Gasteiger partial charge in [0.15, 0.2) is 0 Å². The van der Waals surface area contributed by atoms with Gasteiger partial charge in [0.25, 0.3) is 5.91 Å². The minimum atomic E-state index is -1.06. The van der Waals surface area contributed by atoms with Gasteiger partial charge in [0.2, 0.25) is 5.91 Å². The normalized spacial score (nSPS) is 16.0. The topological polar surface area (TPSA) is 86.7 Å². The second-order valence-corrected chi connectivity index (χ2v) is 6.73. The van der Waals surface area contributed by atoms with Crippen molar-refractivity contribution in [1.82, 2.24) is 10.2 Å². The number of amides is 2. The standard InChI is InChI=1S/C19H24F2N2O4/c1-2-3-4-16(19(26)27)22-17(24)12-7-9-23(10-8-12)18(25)14-6-5-13(20)11-15(14)21/h5-6,11-12,16H,2-4,7-10H2,1H3,(H,22,24)(H,26,27). The Morgan fingerprint density at radius 2 is 1.93 bits per heavy atom. The first kappa shape index (κ1) is 20.8. The molecule has 1 aliphatic heterocycles. The first-order valence-corrected chi connectivity index (χ1v) is 9.11. The predicted molar refractivity (Wildman–Crippen MR) is 94.1 cm³/mol. The number of nitrogens with one attached hydrogen (secondary N) is 1. The zero-order valence-corrected chi connectivity index (χ0v) is 15.2. The highest BCUT2D eigenvalue weighted by molar-refractivity contribution is 5.94. The molecular weight excluding hydrogens is 358 g/mol. The van der Waals surface area contributed by atoms with Gasteiger partial charge in [-0.2, -0.15) is 0 Å². The molecule has 0 saturated carbocycles. The zero-order chi connectivity index (χ0) is 20.0. The third-order valence-electron chi connectivity index (χ3n) is 4.78. The number of nitrogens with zero attached hydrogens (tertiary/aromatic N) is 1. The van der Waals surface area contributed by atoms with E-state index in [2.05, 4.69) is 5.32 Å². The number of carbonyl (C=O) groups is 3. The van der Waals surface area contributed by atoms with E-state index in [1.165, 1.54) is 4.90 Å². The maximum Gasteiger partial charge on any atom is 0.326 e. The molecule has 1 heterocycles. The van der Waals surface area contributed by atoms with Gasteiger partial charge in [-0.25, -0.2) is 13.6 Å². The summed E-state index contributed by atoms with van der Waals surface area (Å²) in [6, 6.07) is 1.89. The number of carbonyl (C=O) groups excluding carboxylic acids is 2. The molecule has 0 aromatic heterocycles. The van der Waals surface area contributed by atoms with Crippen molar-refractivity contribution in [2.75, 3.05) is 13.1 Å². The van der Waals surface area contributed by atoms with E-state index < -0.39 is 35.5 Å². The maximum atomic E-state index is 13.8. The summed E-state index contributed by atoms with van der Waals surface area (Å²) in [4.78, 5) is 37.4. The number of likely N-dealkylation sites (tertiary alicyclic amines) is 1. The van der Waals surface area contributed by atoms with Crippen LogP contribution in [0.25, 0.3) is 0 Å². The zero-order valence-electron chi connectivity index (χ0n) is 15.2. The highest BCUT2D eigenvalue weighted by Gasteiger charge is 2.30. The SMILES string of the molecule is CCCCC(NC(=O)C1CCN(C(=O)c2ccc(F)cc2F)CC1)C(=O)O. The van der Waals surface area contributed by atoms with E-state index in [0.29, 0.717) is 31.7 Å². The average molecular weight is 382 g/mol. The molecule has 1 atom stereocenters. The molecule has 1 fully saturated rings. The lowest BCUT2D eigenvalue weighted by Crippen LogP contribution is -2.47. The van der Waals surface area contributed by atoms with E-state index in [-0.39, 0.29) is 24.6 Å². The van der Waals surface area contributed by atoms with Gasteiger partial charge in [-0.1, -0.05) is 19.8 Å². The molecule has 148 valence electrons. The number of benzene rings is 1. The van der Waals surface area contributed by atoms with Crippen LogP contribution in [0.15, 0.2) is 18.2 Å². The number of aliphatic carboxylic acids is 1. The van der Waals surface area contributed by atoms with Gasteiger partial charge in [0.05, 0.1) is 5.56 Å². The minimum Gasteiger partial charge on any atom is -0.480 e. The lowest BCUT2D eigenvalue weighted by molar-refractivity contribution is -0.143. The van der Waals surface area contributed by atoms with Crippen LogP contribution in [0.4, 0.5) is 8.78 Å². The lowest BCUT2D eigenvalue weighted by atomic mass is 9.94. The monoisotopic (exact) mass is 382 g/mol. The van der Waals surface area contributed by atoms with E-state index in [4.69, 9.17) is 0 Å². The molecule has 6 nitrogen and oxygen atoms in total. The van der Waals surface area contributed by atoms with Gasteiger partial charge < -0.3 is 15.3 Å². The van der Waals surface area contributed by atoms with Crippen LogP contribution in [0.2, 0.25) is 0 Å². The molecule has 8 heteroatoms. The van der Waals surface area contributed by atoms with Crippen molar-refractivity contribution in [3.63, 3.8) is 0 Å². The Hall–Kier alpha value is -2.51. The second kappa shape index (κ2) is 9.43. The van der Waals surface area contributed by atoms with Crippen LogP contribution in [0.1, 0.15) is 49.4 Å². The quantitative estimate of drug-likeness (QED) is 0.759. The summed E-state index contributed by atoms with van der Waals surface area (Å²) in [6.45, 7) is 2.44. The summed E-state index contributed by atoms with van der Waals surface area (Å²) in [6.07, 6.45) is 2.63. The smallest absolute Gasteiger partial charge is 0.326 e. The first-order valence-electron chi connectivity index (χ1n) is 9.11. The molecule has 2 N–H and O–H groups in total. The third-order valence-corrected chi connectivity index (χ3v) is 4.78. The number of carboxylic acids is 1. The Morgan fingerprint density at radius 1 is 1.26 bits per heavy atom. The molecular formula is C19H24F2N2O4. The van der Waals surface area contributed by atoms with Crippen molar-refractivity contribution in [2.24, 2.45) is 5.92 Å². The minimum absolute atomic E-state index is 0.204. The summed E-state index contributed by atoms with van der Waals surface area (Å²) in [5.41, 5.74) is -0.204.